The van der Waals surface area contributed by atoms with Crippen molar-refractivity contribution in [3.05, 3.63) is 35.9 Å². The first-order valence-electron chi connectivity index (χ1n) is 5.37. The molecule has 0 bridgehead atoms. The Kier molecular flexibility index (Phi) is 3.68. The molecule has 0 saturated carbocycles. The molecule has 1 aromatic rings. The molecule has 0 unspecified atom stereocenters. The van der Waals surface area contributed by atoms with Crippen molar-refractivity contribution in [1.82, 2.24) is 0 Å². The summed E-state index contributed by atoms with van der Waals surface area (Å²) in [4.78, 5) is 5.11. The summed E-state index contributed by atoms with van der Waals surface area (Å²) in [5.74, 6) is 0. The second kappa shape index (κ2) is 4.26. The van der Waals surface area contributed by atoms with Gasteiger partial charge >= 0.3 is 92.8 Å². The Morgan fingerprint density at radius 2 is 1.50 bits per heavy atom. The van der Waals surface area contributed by atoms with Crippen LogP contribution in [0.15, 0.2) is 30.3 Å². The predicted octanol–water partition coefficient (Wildman–Crippen LogP) is 4.28. The van der Waals surface area contributed by atoms with Crippen LogP contribution in [0, 0.1) is 0 Å². The van der Waals surface area contributed by atoms with Gasteiger partial charge in [-0.3, -0.25) is 0 Å². The Morgan fingerprint density at radius 1 is 1.00 bits per heavy atom. The van der Waals surface area contributed by atoms with Gasteiger partial charge in [0.1, 0.15) is 0 Å². The van der Waals surface area contributed by atoms with Crippen molar-refractivity contribution in [2.45, 2.75) is 38.5 Å². The van der Waals surface area contributed by atoms with Crippen LogP contribution in [0.4, 0.5) is 0 Å². The van der Waals surface area contributed by atoms with E-state index >= 15 is 0 Å². The van der Waals surface area contributed by atoms with Gasteiger partial charge in [0.2, 0.25) is 0 Å². The van der Waals surface area contributed by atoms with Gasteiger partial charge in [0, 0.05) is 0 Å². The van der Waals surface area contributed by atoms with Crippen LogP contribution in [0.25, 0.3) is 0 Å². The van der Waals surface area contributed by atoms with E-state index in [1.165, 1.54) is 10.0 Å². The SMILES string of the molecule is C[C](C)(C)[Sn]([CH3])([CH3])[CH2]c1ccccc1. The van der Waals surface area contributed by atoms with Crippen molar-refractivity contribution < 1.29 is 0 Å². The maximum absolute atomic E-state index is 2.56. The van der Waals surface area contributed by atoms with Crippen molar-refractivity contribution in [1.29, 1.82) is 0 Å². The summed E-state index contributed by atoms with van der Waals surface area (Å²) < 4.78 is 1.92. The normalized spacial score (nSPS) is 12.9. The zero-order valence-electron chi connectivity index (χ0n) is 10.1. The Morgan fingerprint density at radius 3 is 1.93 bits per heavy atom. The van der Waals surface area contributed by atoms with E-state index in [0.717, 1.165) is 0 Å². The van der Waals surface area contributed by atoms with Gasteiger partial charge in [-0.25, -0.2) is 0 Å². The van der Waals surface area contributed by atoms with Crippen LogP contribution in [-0.4, -0.2) is 18.4 Å². The minimum absolute atomic E-state index is 0.560. The number of hydrogen-bond acceptors (Lipinski definition) is 0. The van der Waals surface area contributed by atoms with Crippen LogP contribution in [0.1, 0.15) is 26.3 Å². The summed E-state index contributed by atoms with van der Waals surface area (Å²) in [5.41, 5.74) is 1.53. The fourth-order valence-electron chi connectivity index (χ4n) is 1.37. The van der Waals surface area contributed by atoms with E-state index < -0.39 is 18.4 Å². The zero-order valence-corrected chi connectivity index (χ0v) is 12.9. The first kappa shape index (κ1) is 12.1. The Labute approximate surface area is 92.6 Å². The molecule has 0 aliphatic carbocycles. The van der Waals surface area contributed by atoms with E-state index in [0.29, 0.717) is 3.43 Å². The van der Waals surface area contributed by atoms with E-state index in [9.17, 15) is 0 Å². The van der Waals surface area contributed by atoms with Gasteiger partial charge < -0.3 is 0 Å². The molecule has 0 saturated heterocycles. The molecule has 0 heterocycles. The average Bonchev–Trinajstić information content (AvgIpc) is 2.03. The van der Waals surface area contributed by atoms with Crippen LogP contribution >= 0.6 is 0 Å². The third kappa shape index (κ3) is 3.01. The first-order valence-corrected chi connectivity index (χ1v) is 14.5. The molecule has 0 aromatic heterocycles. The summed E-state index contributed by atoms with van der Waals surface area (Å²) >= 11 is -1.91. The van der Waals surface area contributed by atoms with Crippen LogP contribution in [0.3, 0.4) is 0 Å². The summed E-state index contributed by atoms with van der Waals surface area (Å²) in [5, 5.41) is 0. The molecular formula is C13H22Sn. The fourth-order valence-corrected chi connectivity index (χ4v) is 6.47. The quantitative estimate of drug-likeness (QED) is 0.715. The second-order valence-corrected chi connectivity index (χ2v) is 21.8. The van der Waals surface area contributed by atoms with Crippen LogP contribution in [0.2, 0.25) is 13.3 Å². The van der Waals surface area contributed by atoms with Crippen molar-refractivity contribution >= 4 is 18.4 Å². The predicted molar refractivity (Wildman–Crippen MR) is 67.3 cm³/mol. The number of benzene rings is 1. The van der Waals surface area contributed by atoms with Gasteiger partial charge in [-0.2, -0.15) is 0 Å². The summed E-state index contributed by atoms with van der Waals surface area (Å²) in [6.07, 6.45) is 0. The summed E-state index contributed by atoms with van der Waals surface area (Å²) in [6.45, 7) is 7.23. The Balaban J connectivity index is 2.79. The molecule has 0 fully saturated rings. The number of hydrogen-bond donors (Lipinski definition) is 0. The molecule has 0 aliphatic heterocycles. The second-order valence-electron chi connectivity index (χ2n) is 5.80. The van der Waals surface area contributed by atoms with E-state index in [1.807, 2.05) is 0 Å². The van der Waals surface area contributed by atoms with Gasteiger partial charge in [0.25, 0.3) is 0 Å². The van der Waals surface area contributed by atoms with Crippen molar-refractivity contribution in [2.75, 3.05) is 0 Å². The minimum atomic E-state index is -1.91. The molecule has 0 N–H and O–H groups in total. The number of rotatable bonds is 2. The van der Waals surface area contributed by atoms with Gasteiger partial charge in [0.15, 0.2) is 0 Å². The van der Waals surface area contributed by atoms with E-state index in [-0.39, 0.29) is 0 Å². The van der Waals surface area contributed by atoms with Gasteiger partial charge in [-0.1, -0.05) is 0 Å². The van der Waals surface area contributed by atoms with E-state index in [1.54, 1.807) is 0 Å². The van der Waals surface area contributed by atoms with Crippen LogP contribution in [-0.2, 0) is 4.44 Å². The van der Waals surface area contributed by atoms with Crippen molar-refractivity contribution in [3.63, 3.8) is 0 Å². The summed E-state index contributed by atoms with van der Waals surface area (Å²) in [7, 11) is 0. The van der Waals surface area contributed by atoms with Gasteiger partial charge in [-0.15, -0.1) is 0 Å². The van der Waals surface area contributed by atoms with Crippen molar-refractivity contribution in [2.24, 2.45) is 0 Å². The summed E-state index contributed by atoms with van der Waals surface area (Å²) in [6, 6.07) is 10.9. The topological polar surface area (TPSA) is 0 Å². The molecule has 0 amide bonds. The first-order chi connectivity index (χ1) is 6.33. The molecule has 0 nitrogen and oxygen atoms in total. The standard InChI is InChI=1S/C7H7.C4H9.2CH3.Sn/c1-7-5-3-2-4-6-7;1-4(2)3;;;/h2-6H,1H2;1-3H3;2*1H3;. The molecule has 0 atom stereocenters. The van der Waals surface area contributed by atoms with E-state index in [4.69, 9.17) is 0 Å². The third-order valence-corrected chi connectivity index (χ3v) is 18.8. The molecule has 78 valence electrons. The third-order valence-electron chi connectivity index (χ3n) is 3.52. The molecule has 1 heteroatoms. The molecule has 1 aromatic carbocycles. The molecule has 14 heavy (non-hydrogen) atoms. The molecule has 0 radical (unpaired) electrons. The Bertz CT molecular complexity index is 280. The molecule has 1 rings (SSSR count). The van der Waals surface area contributed by atoms with Gasteiger partial charge in [0.05, 0.1) is 0 Å². The Hall–Kier alpha value is 0.0187. The van der Waals surface area contributed by atoms with Gasteiger partial charge in [-0.05, 0) is 0 Å². The van der Waals surface area contributed by atoms with Crippen LogP contribution < -0.4 is 0 Å². The molecule has 0 spiro atoms. The molecule has 0 aliphatic rings. The molecular weight excluding hydrogens is 275 g/mol. The maximum atomic E-state index is 2.56. The van der Waals surface area contributed by atoms with Crippen molar-refractivity contribution in [3.8, 4) is 0 Å². The zero-order chi connectivity index (χ0) is 10.8. The van der Waals surface area contributed by atoms with E-state index in [2.05, 4.69) is 61.0 Å². The fraction of sp³-hybridized carbons (Fsp3) is 0.538. The average molecular weight is 297 g/mol. The monoisotopic (exact) mass is 298 g/mol. The van der Waals surface area contributed by atoms with Crippen LogP contribution in [0.5, 0.6) is 0 Å².